The van der Waals surface area contributed by atoms with Crippen LogP contribution in [0.25, 0.3) is 0 Å². The predicted molar refractivity (Wildman–Crippen MR) is 102 cm³/mol. The molecule has 0 aliphatic carbocycles. The molecule has 1 aliphatic rings. The predicted octanol–water partition coefficient (Wildman–Crippen LogP) is 3.39. The molecule has 2 aromatic rings. The van der Waals surface area contributed by atoms with Crippen LogP contribution in [0.4, 0.5) is 11.4 Å². The number of hydrazine groups is 1. The molecule has 1 heterocycles. The molecule has 1 amide bonds. The summed E-state index contributed by atoms with van der Waals surface area (Å²) in [5.74, 6) is 0.547. The van der Waals surface area contributed by atoms with Crippen LogP contribution < -0.4 is 20.9 Å². The first-order chi connectivity index (χ1) is 12.2. The number of benzene rings is 2. The molecular formula is C18H18N4O2S. The Bertz CT molecular complexity index is 834. The second kappa shape index (κ2) is 7.76. The molecule has 1 aliphatic heterocycles. The Labute approximate surface area is 150 Å². The van der Waals surface area contributed by atoms with E-state index in [1.54, 1.807) is 7.11 Å². The van der Waals surface area contributed by atoms with Gasteiger partial charge in [0.1, 0.15) is 10.7 Å². The highest BCUT2D eigenvalue weighted by Gasteiger charge is 2.21. The minimum Gasteiger partial charge on any atom is -0.497 e. The van der Waals surface area contributed by atoms with Crippen LogP contribution in [0, 0.1) is 0 Å². The van der Waals surface area contributed by atoms with E-state index in [0.717, 1.165) is 22.8 Å². The lowest BCUT2D eigenvalue weighted by atomic mass is 10.3. The summed E-state index contributed by atoms with van der Waals surface area (Å²) in [7, 11) is 1.61. The molecule has 7 heteroatoms. The Kier molecular flexibility index (Phi) is 5.25. The van der Waals surface area contributed by atoms with Crippen molar-refractivity contribution < 1.29 is 9.53 Å². The number of carbonyl (C=O) groups is 1. The van der Waals surface area contributed by atoms with E-state index in [1.807, 2.05) is 61.5 Å². The van der Waals surface area contributed by atoms with Gasteiger partial charge >= 0.3 is 0 Å². The zero-order chi connectivity index (χ0) is 17.6. The summed E-state index contributed by atoms with van der Waals surface area (Å²) in [6, 6.07) is 16.8. The van der Waals surface area contributed by atoms with Gasteiger partial charge in [0.15, 0.2) is 5.17 Å². The number of para-hydroxylation sites is 1. The van der Waals surface area contributed by atoms with Gasteiger partial charge in [-0.3, -0.25) is 10.2 Å². The lowest BCUT2D eigenvalue weighted by Gasteiger charge is -2.21. The number of anilines is 1. The zero-order valence-corrected chi connectivity index (χ0v) is 14.7. The summed E-state index contributed by atoms with van der Waals surface area (Å²) in [4.78, 5) is 17.6. The minimum absolute atomic E-state index is 0.180. The highest BCUT2D eigenvalue weighted by Crippen LogP contribution is 2.27. The van der Waals surface area contributed by atoms with Gasteiger partial charge in [-0.15, -0.1) is 0 Å². The van der Waals surface area contributed by atoms with Crippen molar-refractivity contribution in [2.45, 2.75) is 6.92 Å². The molecule has 0 saturated carbocycles. The SMILES string of the molecule is COc1cccc(N=C2NNC(C)=C(C(=O)Nc3ccccc3)S2)c1. The van der Waals surface area contributed by atoms with Crippen LogP contribution >= 0.6 is 11.8 Å². The van der Waals surface area contributed by atoms with Gasteiger partial charge in [-0.05, 0) is 43.0 Å². The van der Waals surface area contributed by atoms with Gasteiger partial charge in [-0.2, -0.15) is 0 Å². The zero-order valence-electron chi connectivity index (χ0n) is 13.9. The van der Waals surface area contributed by atoms with Gasteiger partial charge in [0.05, 0.1) is 12.8 Å². The van der Waals surface area contributed by atoms with Gasteiger partial charge in [0.25, 0.3) is 5.91 Å². The number of nitrogens with zero attached hydrogens (tertiary/aromatic N) is 1. The number of amidine groups is 1. The number of methoxy groups -OCH3 is 1. The summed E-state index contributed by atoms with van der Waals surface area (Å²) in [5, 5.41) is 3.46. The second-order valence-electron chi connectivity index (χ2n) is 5.24. The van der Waals surface area contributed by atoms with Crippen LogP contribution in [-0.4, -0.2) is 18.2 Å². The fourth-order valence-corrected chi connectivity index (χ4v) is 2.97. The number of nitrogens with one attached hydrogen (secondary N) is 3. The molecule has 0 unspecified atom stereocenters. The maximum Gasteiger partial charge on any atom is 0.264 e. The van der Waals surface area contributed by atoms with E-state index in [1.165, 1.54) is 11.8 Å². The third-order valence-electron chi connectivity index (χ3n) is 3.42. The third-order valence-corrected chi connectivity index (χ3v) is 4.50. The lowest BCUT2D eigenvalue weighted by Crippen LogP contribution is -2.40. The van der Waals surface area contributed by atoms with Crippen molar-refractivity contribution >= 4 is 34.2 Å². The van der Waals surface area contributed by atoms with Crippen molar-refractivity contribution in [1.29, 1.82) is 0 Å². The number of carbonyl (C=O) groups excluding carboxylic acids is 1. The minimum atomic E-state index is -0.180. The van der Waals surface area contributed by atoms with Crippen molar-refractivity contribution in [3.05, 3.63) is 65.2 Å². The third kappa shape index (κ3) is 4.33. The number of aliphatic imine (C=N–C) groups is 1. The maximum atomic E-state index is 12.5. The number of thioether (sulfide) groups is 1. The number of ether oxygens (including phenoxy) is 1. The number of allylic oxidation sites excluding steroid dienone is 1. The van der Waals surface area contributed by atoms with Gasteiger partial charge in [0, 0.05) is 17.5 Å². The number of hydrogen-bond donors (Lipinski definition) is 3. The quantitative estimate of drug-likeness (QED) is 0.785. The van der Waals surface area contributed by atoms with E-state index < -0.39 is 0 Å². The van der Waals surface area contributed by atoms with Crippen LogP contribution in [-0.2, 0) is 4.79 Å². The van der Waals surface area contributed by atoms with Gasteiger partial charge in [-0.1, -0.05) is 24.3 Å². The number of hydrogen-bond acceptors (Lipinski definition) is 5. The van der Waals surface area contributed by atoms with Crippen LogP contribution in [0.2, 0.25) is 0 Å². The molecule has 0 radical (unpaired) electrons. The summed E-state index contributed by atoms with van der Waals surface area (Å²) in [6.07, 6.45) is 0. The average molecular weight is 354 g/mol. The molecule has 25 heavy (non-hydrogen) atoms. The molecule has 0 saturated heterocycles. The van der Waals surface area contributed by atoms with E-state index in [9.17, 15) is 4.79 Å². The van der Waals surface area contributed by atoms with Crippen molar-refractivity contribution in [3.63, 3.8) is 0 Å². The molecule has 0 fully saturated rings. The summed E-state index contributed by atoms with van der Waals surface area (Å²) < 4.78 is 5.20. The molecular weight excluding hydrogens is 336 g/mol. The molecule has 0 spiro atoms. The number of rotatable bonds is 4. The Morgan fingerprint density at radius 3 is 2.68 bits per heavy atom. The first-order valence-electron chi connectivity index (χ1n) is 7.65. The fraction of sp³-hybridized carbons (Fsp3) is 0.111. The second-order valence-corrected chi connectivity index (χ2v) is 6.24. The van der Waals surface area contributed by atoms with Crippen molar-refractivity contribution in [2.24, 2.45) is 4.99 Å². The smallest absolute Gasteiger partial charge is 0.264 e. The van der Waals surface area contributed by atoms with Gasteiger partial charge in [-0.25, -0.2) is 4.99 Å². The van der Waals surface area contributed by atoms with E-state index >= 15 is 0 Å². The highest BCUT2D eigenvalue weighted by atomic mass is 32.2. The maximum absolute atomic E-state index is 12.5. The normalized spacial score (nSPS) is 15.4. The summed E-state index contributed by atoms with van der Waals surface area (Å²) in [5.41, 5.74) is 8.19. The molecule has 0 bridgehead atoms. The van der Waals surface area contributed by atoms with Gasteiger partial charge < -0.3 is 15.5 Å². The molecule has 3 rings (SSSR count). The molecule has 0 atom stereocenters. The Balaban J connectivity index is 1.76. The summed E-state index contributed by atoms with van der Waals surface area (Å²) >= 11 is 1.28. The average Bonchev–Trinajstić information content (AvgIpc) is 2.64. The fourth-order valence-electron chi connectivity index (χ4n) is 2.18. The molecule has 3 N–H and O–H groups in total. The lowest BCUT2D eigenvalue weighted by molar-refractivity contribution is -0.112. The van der Waals surface area contributed by atoms with Gasteiger partial charge in [0.2, 0.25) is 0 Å². The van der Waals surface area contributed by atoms with E-state index in [0.29, 0.717) is 10.1 Å². The first-order valence-corrected chi connectivity index (χ1v) is 8.47. The Hall–Kier alpha value is -2.93. The molecule has 2 aromatic carbocycles. The van der Waals surface area contributed by atoms with Crippen LogP contribution in [0.5, 0.6) is 5.75 Å². The van der Waals surface area contributed by atoms with Crippen molar-refractivity contribution in [3.8, 4) is 5.75 Å². The van der Waals surface area contributed by atoms with Crippen molar-refractivity contribution in [2.75, 3.05) is 12.4 Å². The van der Waals surface area contributed by atoms with Crippen LogP contribution in [0.3, 0.4) is 0 Å². The molecule has 128 valence electrons. The summed E-state index contributed by atoms with van der Waals surface area (Å²) in [6.45, 7) is 1.84. The molecule has 6 nitrogen and oxygen atoms in total. The Morgan fingerprint density at radius 1 is 1.12 bits per heavy atom. The number of amides is 1. The van der Waals surface area contributed by atoms with Crippen LogP contribution in [0.1, 0.15) is 6.92 Å². The first kappa shape index (κ1) is 16.9. The topological polar surface area (TPSA) is 74.8 Å². The van der Waals surface area contributed by atoms with E-state index in [-0.39, 0.29) is 5.91 Å². The highest BCUT2D eigenvalue weighted by molar-refractivity contribution is 8.18. The van der Waals surface area contributed by atoms with E-state index in [2.05, 4.69) is 21.2 Å². The van der Waals surface area contributed by atoms with E-state index in [4.69, 9.17) is 4.74 Å². The molecule has 0 aromatic heterocycles. The standard InChI is InChI=1S/C18H18N4O2S/c1-12-16(17(23)19-13-7-4-3-5-8-13)25-18(22-21-12)20-14-9-6-10-15(11-14)24-2/h3-11,21H,1-2H3,(H,19,23)(H,20,22). The largest absolute Gasteiger partial charge is 0.497 e. The monoisotopic (exact) mass is 354 g/mol. The van der Waals surface area contributed by atoms with Crippen LogP contribution in [0.15, 0.2) is 70.2 Å². The van der Waals surface area contributed by atoms with Crippen molar-refractivity contribution in [1.82, 2.24) is 10.9 Å². The Morgan fingerprint density at radius 2 is 1.92 bits per heavy atom.